The molecule has 2 heterocycles. The molecule has 1 aliphatic heterocycles. The molecule has 4 nitrogen and oxygen atoms in total. The van der Waals surface area contributed by atoms with Crippen molar-refractivity contribution in [1.82, 2.24) is 10.2 Å². The van der Waals surface area contributed by atoms with E-state index in [9.17, 15) is 18.0 Å². The first-order chi connectivity index (χ1) is 10.3. The van der Waals surface area contributed by atoms with Crippen LogP contribution in [0.25, 0.3) is 0 Å². The summed E-state index contributed by atoms with van der Waals surface area (Å²) in [5.41, 5.74) is 0. The molecular weight excluding hydrogens is 317 g/mol. The number of amides is 1. The summed E-state index contributed by atoms with van der Waals surface area (Å²) >= 11 is 1.59. The molecule has 0 saturated carbocycles. The maximum atomic E-state index is 12.6. The first kappa shape index (κ1) is 17.2. The van der Waals surface area contributed by atoms with Gasteiger partial charge >= 0.3 is 6.18 Å². The fourth-order valence-electron chi connectivity index (χ4n) is 2.42. The van der Waals surface area contributed by atoms with Crippen LogP contribution in [0.5, 0.6) is 0 Å². The van der Waals surface area contributed by atoms with Crippen LogP contribution >= 0.6 is 11.3 Å². The van der Waals surface area contributed by atoms with Gasteiger partial charge in [-0.2, -0.15) is 13.2 Å². The fourth-order valence-corrected chi connectivity index (χ4v) is 3.25. The van der Waals surface area contributed by atoms with E-state index in [1.54, 1.807) is 11.3 Å². The molecule has 2 atom stereocenters. The molecule has 2 unspecified atom stereocenters. The van der Waals surface area contributed by atoms with Crippen LogP contribution in [-0.4, -0.2) is 55.4 Å². The topological polar surface area (TPSA) is 41.6 Å². The Morgan fingerprint density at radius 1 is 1.59 bits per heavy atom. The van der Waals surface area contributed by atoms with Crippen LogP contribution in [0.3, 0.4) is 0 Å². The molecule has 1 fully saturated rings. The fraction of sp³-hybridized carbons (Fsp3) is 0.643. The van der Waals surface area contributed by atoms with E-state index in [2.05, 4.69) is 5.32 Å². The second-order valence-electron chi connectivity index (χ2n) is 5.37. The summed E-state index contributed by atoms with van der Waals surface area (Å²) in [5, 5.41) is 4.73. The van der Waals surface area contributed by atoms with Gasteiger partial charge in [-0.05, 0) is 18.4 Å². The van der Waals surface area contributed by atoms with Gasteiger partial charge in [-0.15, -0.1) is 11.3 Å². The molecule has 1 amide bonds. The Morgan fingerprint density at radius 3 is 3.00 bits per heavy atom. The Balaban J connectivity index is 1.90. The van der Waals surface area contributed by atoms with Gasteiger partial charge in [-0.1, -0.05) is 6.07 Å². The lowest BCUT2D eigenvalue weighted by Crippen LogP contribution is -2.57. The largest absolute Gasteiger partial charge is 0.401 e. The third-order valence-electron chi connectivity index (χ3n) is 3.40. The normalized spacial score (nSPS) is 21.5. The average molecular weight is 336 g/mol. The van der Waals surface area contributed by atoms with E-state index in [-0.39, 0.29) is 25.8 Å². The molecule has 0 aromatic carbocycles. The first-order valence-electron chi connectivity index (χ1n) is 7.06. The zero-order chi connectivity index (χ0) is 16.2. The third-order valence-corrected chi connectivity index (χ3v) is 4.30. The second-order valence-corrected chi connectivity index (χ2v) is 6.40. The highest BCUT2D eigenvalue weighted by molar-refractivity contribution is 7.09. The summed E-state index contributed by atoms with van der Waals surface area (Å²) < 4.78 is 42.9. The number of carbonyl (C=O) groups is 1. The maximum Gasteiger partial charge on any atom is 0.401 e. The number of thiophene rings is 1. The van der Waals surface area contributed by atoms with Gasteiger partial charge in [0.25, 0.3) is 0 Å². The van der Waals surface area contributed by atoms with Gasteiger partial charge in [0, 0.05) is 23.9 Å². The van der Waals surface area contributed by atoms with Crippen molar-refractivity contribution in [3.63, 3.8) is 0 Å². The van der Waals surface area contributed by atoms with Gasteiger partial charge in [-0.25, -0.2) is 0 Å². The Kier molecular flexibility index (Phi) is 5.82. The summed E-state index contributed by atoms with van der Waals surface area (Å²) in [6.45, 7) is 1.07. The molecule has 0 spiro atoms. The molecule has 1 aliphatic rings. The van der Waals surface area contributed by atoms with E-state index in [1.807, 2.05) is 24.4 Å². The number of nitrogens with zero attached hydrogens (tertiary/aromatic N) is 1. The summed E-state index contributed by atoms with van der Waals surface area (Å²) in [7, 11) is 0. The van der Waals surface area contributed by atoms with Crippen molar-refractivity contribution in [2.75, 3.05) is 26.3 Å². The number of morpholine rings is 1. The second kappa shape index (κ2) is 7.43. The molecule has 1 saturated heterocycles. The quantitative estimate of drug-likeness (QED) is 0.895. The van der Waals surface area contributed by atoms with Gasteiger partial charge in [0.1, 0.15) is 6.04 Å². The number of hydrogen-bond donors (Lipinski definition) is 1. The van der Waals surface area contributed by atoms with E-state index < -0.39 is 24.7 Å². The molecule has 1 aromatic heterocycles. The number of carbonyl (C=O) groups excluding carboxylic acids is 1. The average Bonchev–Trinajstić information content (AvgIpc) is 2.90. The molecule has 8 heteroatoms. The van der Waals surface area contributed by atoms with Crippen molar-refractivity contribution in [2.24, 2.45) is 0 Å². The molecule has 0 bridgehead atoms. The highest BCUT2D eigenvalue weighted by Crippen LogP contribution is 2.20. The number of nitrogens with one attached hydrogen (secondary N) is 1. The van der Waals surface area contributed by atoms with Gasteiger partial charge in [0.05, 0.1) is 19.8 Å². The minimum atomic E-state index is -4.32. The smallest absolute Gasteiger partial charge is 0.378 e. The van der Waals surface area contributed by atoms with Gasteiger partial charge in [0.15, 0.2) is 0 Å². The van der Waals surface area contributed by atoms with Crippen molar-refractivity contribution in [3.05, 3.63) is 22.4 Å². The number of halogens is 3. The number of rotatable bonds is 5. The molecule has 22 heavy (non-hydrogen) atoms. The zero-order valence-corrected chi connectivity index (χ0v) is 13.0. The Hall–Kier alpha value is -1.12. The number of alkyl halides is 3. The highest BCUT2D eigenvalue weighted by Gasteiger charge is 2.38. The Bertz CT molecular complexity index is 479. The third kappa shape index (κ3) is 5.26. The lowest BCUT2D eigenvalue weighted by molar-refractivity contribution is -0.167. The van der Waals surface area contributed by atoms with Crippen LogP contribution in [0.1, 0.15) is 11.8 Å². The standard InChI is InChI=1S/C14H19F3N2O2S/c1-10(7-11-3-2-6-22-11)18-13(20)12-8-21-5-4-19(12)9-14(15,16)17/h2-3,6,10,12H,4-5,7-9H2,1H3,(H,18,20). The summed E-state index contributed by atoms with van der Waals surface area (Å²) in [4.78, 5) is 14.5. The summed E-state index contributed by atoms with van der Waals surface area (Å²) in [6, 6.07) is 2.86. The van der Waals surface area contributed by atoms with E-state index in [4.69, 9.17) is 4.74 Å². The van der Waals surface area contributed by atoms with Crippen LogP contribution in [0.4, 0.5) is 13.2 Å². The van der Waals surface area contributed by atoms with E-state index in [0.717, 1.165) is 9.78 Å². The van der Waals surface area contributed by atoms with Gasteiger partial charge < -0.3 is 10.1 Å². The zero-order valence-electron chi connectivity index (χ0n) is 12.2. The van der Waals surface area contributed by atoms with Gasteiger partial charge in [0.2, 0.25) is 5.91 Å². The van der Waals surface area contributed by atoms with Crippen molar-refractivity contribution >= 4 is 17.2 Å². The lowest BCUT2D eigenvalue weighted by atomic mass is 10.1. The molecule has 2 rings (SSSR count). The lowest BCUT2D eigenvalue weighted by Gasteiger charge is -2.35. The predicted octanol–water partition coefficient (Wildman–Crippen LogP) is 2.06. The minimum Gasteiger partial charge on any atom is -0.378 e. The number of hydrogen-bond acceptors (Lipinski definition) is 4. The minimum absolute atomic E-state index is 0.00631. The van der Waals surface area contributed by atoms with Crippen molar-refractivity contribution < 1.29 is 22.7 Å². The van der Waals surface area contributed by atoms with Crippen molar-refractivity contribution in [3.8, 4) is 0 Å². The maximum absolute atomic E-state index is 12.6. The molecule has 0 radical (unpaired) electrons. The van der Waals surface area contributed by atoms with Crippen LogP contribution in [0, 0.1) is 0 Å². The summed E-state index contributed by atoms with van der Waals surface area (Å²) in [5.74, 6) is -0.409. The van der Waals surface area contributed by atoms with Crippen LogP contribution < -0.4 is 5.32 Å². The van der Waals surface area contributed by atoms with E-state index in [1.165, 1.54) is 0 Å². The molecule has 1 N–H and O–H groups in total. The van der Waals surface area contributed by atoms with Crippen molar-refractivity contribution in [1.29, 1.82) is 0 Å². The molecular formula is C14H19F3N2O2S. The number of ether oxygens (including phenoxy) is 1. The monoisotopic (exact) mass is 336 g/mol. The van der Waals surface area contributed by atoms with Gasteiger partial charge in [-0.3, -0.25) is 9.69 Å². The Labute approximate surface area is 131 Å². The first-order valence-corrected chi connectivity index (χ1v) is 7.94. The highest BCUT2D eigenvalue weighted by atomic mass is 32.1. The van der Waals surface area contributed by atoms with Crippen LogP contribution in [0.2, 0.25) is 0 Å². The molecule has 0 aliphatic carbocycles. The van der Waals surface area contributed by atoms with E-state index in [0.29, 0.717) is 6.42 Å². The van der Waals surface area contributed by atoms with Crippen LogP contribution in [-0.2, 0) is 16.0 Å². The van der Waals surface area contributed by atoms with Crippen molar-refractivity contribution in [2.45, 2.75) is 31.6 Å². The van der Waals surface area contributed by atoms with E-state index >= 15 is 0 Å². The SMILES string of the molecule is CC(Cc1cccs1)NC(=O)C1COCCN1CC(F)(F)F. The Morgan fingerprint density at radius 2 is 2.36 bits per heavy atom. The predicted molar refractivity (Wildman–Crippen MR) is 77.9 cm³/mol. The van der Waals surface area contributed by atoms with Crippen LogP contribution in [0.15, 0.2) is 17.5 Å². The molecule has 124 valence electrons. The summed E-state index contributed by atoms with van der Waals surface area (Å²) in [6.07, 6.45) is -3.66. The molecule has 1 aromatic rings.